The monoisotopic (exact) mass is 368 g/mol. The summed E-state index contributed by atoms with van der Waals surface area (Å²) in [6.07, 6.45) is 1.80. The Morgan fingerprint density at radius 1 is 1.04 bits per heavy atom. The second kappa shape index (κ2) is 8.53. The summed E-state index contributed by atoms with van der Waals surface area (Å²) in [5, 5.41) is 2.71. The predicted octanol–water partition coefficient (Wildman–Crippen LogP) is 0.854. The number of benzene rings is 1. The van der Waals surface area contributed by atoms with Crippen molar-refractivity contribution in [2.45, 2.75) is 6.42 Å². The Labute approximate surface area is 158 Å². The Kier molecular flexibility index (Phi) is 5.90. The first-order valence-electron chi connectivity index (χ1n) is 9.07. The summed E-state index contributed by atoms with van der Waals surface area (Å²) < 4.78 is 1.40. The molecule has 142 valence electrons. The van der Waals surface area contributed by atoms with Crippen molar-refractivity contribution in [3.8, 4) is 0 Å². The summed E-state index contributed by atoms with van der Waals surface area (Å²) in [6, 6.07) is 13.0. The highest BCUT2D eigenvalue weighted by molar-refractivity contribution is 5.94. The minimum absolute atomic E-state index is 0.0342. The van der Waals surface area contributed by atoms with E-state index in [1.807, 2.05) is 23.1 Å². The van der Waals surface area contributed by atoms with E-state index in [1.54, 1.807) is 19.3 Å². The lowest BCUT2D eigenvalue weighted by molar-refractivity contribution is -0.131. The van der Waals surface area contributed by atoms with Gasteiger partial charge in [0, 0.05) is 69.7 Å². The van der Waals surface area contributed by atoms with E-state index >= 15 is 0 Å². The van der Waals surface area contributed by atoms with E-state index in [-0.39, 0.29) is 30.3 Å². The van der Waals surface area contributed by atoms with E-state index < -0.39 is 0 Å². The lowest BCUT2D eigenvalue weighted by Gasteiger charge is -2.36. The molecule has 2 aromatic rings. The molecular weight excluding hydrogens is 344 g/mol. The number of nitrogens with zero attached hydrogens (tertiary/aromatic N) is 3. The van der Waals surface area contributed by atoms with E-state index in [9.17, 15) is 14.4 Å². The molecule has 7 nitrogen and oxygen atoms in total. The van der Waals surface area contributed by atoms with Crippen molar-refractivity contribution in [1.29, 1.82) is 0 Å². The SMILES string of the molecule is Cn1ccc(C(=O)NCCC(=O)N2CCN(c3ccccc3)CC2)cc1=O. The summed E-state index contributed by atoms with van der Waals surface area (Å²) in [5.41, 5.74) is 1.24. The minimum atomic E-state index is -0.339. The number of carbonyl (C=O) groups excluding carboxylic acids is 2. The first-order chi connectivity index (χ1) is 13.0. The average molecular weight is 368 g/mol. The molecule has 27 heavy (non-hydrogen) atoms. The fourth-order valence-corrected chi connectivity index (χ4v) is 3.09. The smallest absolute Gasteiger partial charge is 0.251 e. The van der Waals surface area contributed by atoms with E-state index in [0.29, 0.717) is 18.7 Å². The largest absolute Gasteiger partial charge is 0.368 e. The van der Waals surface area contributed by atoms with Crippen molar-refractivity contribution in [2.24, 2.45) is 7.05 Å². The number of hydrogen-bond acceptors (Lipinski definition) is 4. The molecule has 1 aromatic heterocycles. The van der Waals surface area contributed by atoms with Crippen molar-refractivity contribution < 1.29 is 9.59 Å². The van der Waals surface area contributed by atoms with Gasteiger partial charge in [0.05, 0.1) is 0 Å². The molecule has 0 bridgehead atoms. The summed E-state index contributed by atoms with van der Waals surface area (Å²) in [6.45, 7) is 3.21. The molecule has 3 rings (SSSR count). The first-order valence-corrected chi connectivity index (χ1v) is 9.07. The zero-order chi connectivity index (χ0) is 19.2. The van der Waals surface area contributed by atoms with E-state index in [1.165, 1.54) is 16.3 Å². The minimum Gasteiger partial charge on any atom is -0.368 e. The number of piperazine rings is 1. The number of para-hydroxylation sites is 1. The topological polar surface area (TPSA) is 74.7 Å². The van der Waals surface area contributed by atoms with Crippen LogP contribution >= 0.6 is 0 Å². The summed E-state index contributed by atoms with van der Waals surface area (Å²) in [5.74, 6) is -0.304. The van der Waals surface area contributed by atoms with E-state index in [2.05, 4.69) is 22.3 Å². The van der Waals surface area contributed by atoms with Crippen LogP contribution in [-0.2, 0) is 11.8 Å². The molecule has 1 aliphatic rings. The third-order valence-electron chi connectivity index (χ3n) is 4.74. The Bertz CT molecular complexity index is 855. The van der Waals surface area contributed by atoms with Gasteiger partial charge in [0.25, 0.3) is 11.5 Å². The van der Waals surface area contributed by atoms with Crippen LogP contribution in [0.5, 0.6) is 0 Å². The van der Waals surface area contributed by atoms with Gasteiger partial charge < -0.3 is 19.7 Å². The number of aryl methyl sites for hydroxylation is 1. The van der Waals surface area contributed by atoms with Gasteiger partial charge in [0.15, 0.2) is 0 Å². The molecule has 7 heteroatoms. The number of rotatable bonds is 5. The quantitative estimate of drug-likeness (QED) is 0.849. The van der Waals surface area contributed by atoms with Crippen LogP contribution in [0.1, 0.15) is 16.8 Å². The highest BCUT2D eigenvalue weighted by atomic mass is 16.2. The van der Waals surface area contributed by atoms with Crippen molar-refractivity contribution >= 4 is 17.5 Å². The highest BCUT2D eigenvalue weighted by Crippen LogP contribution is 2.15. The van der Waals surface area contributed by atoms with E-state index in [4.69, 9.17) is 0 Å². The van der Waals surface area contributed by atoms with Gasteiger partial charge in [-0.1, -0.05) is 18.2 Å². The van der Waals surface area contributed by atoms with Crippen LogP contribution in [0.4, 0.5) is 5.69 Å². The predicted molar refractivity (Wildman–Crippen MR) is 104 cm³/mol. The van der Waals surface area contributed by atoms with Crippen molar-refractivity contribution in [3.05, 3.63) is 64.6 Å². The third kappa shape index (κ3) is 4.75. The molecule has 2 heterocycles. The van der Waals surface area contributed by atoms with E-state index in [0.717, 1.165) is 13.1 Å². The van der Waals surface area contributed by atoms with Gasteiger partial charge in [-0.2, -0.15) is 0 Å². The molecule has 1 aromatic carbocycles. The number of aromatic nitrogens is 1. The van der Waals surface area contributed by atoms with Crippen LogP contribution in [0.3, 0.4) is 0 Å². The number of anilines is 1. The molecule has 0 spiro atoms. The maximum Gasteiger partial charge on any atom is 0.251 e. The first kappa shape index (κ1) is 18.7. The molecule has 2 amide bonds. The molecule has 0 aliphatic carbocycles. The Hall–Kier alpha value is -3.09. The standard InChI is InChI=1S/C20H24N4O3/c1-22-10-8-16(15-19(22)26)20(27)21-9-7-18(25)24-13-11-23(12-14-24)17-5-3-2-4-6-17/h2-6,8,10,15H,7,9,11-14H2,1H3,(H,21,27). The van der Waals surface area contributed by atoms with Crippen molar-refractivity contribution in [2.75, 3.05) is 37.6 Å². The van der Waals surface area contributed by atoms with Crippen LogP contribution in [0.25, 0.3) is 0 Å². The fraction of sp³-hybridized carbons (Fsp3) is 0.350. The van der Waals surface area contributed by atoms with Gasteiger partial charge in [-0.3, -0.25) is 14.4 Å². The van der Waals surface area contributed by atoms with Crippen LogP contribution in [0.15, 0.2) is 53.5 Å². The zero-order valence-corrected chi connectivity index (χ0v) is 15.4. The van der Waals surface area contributed by atoms with Gasteiger partial charge in [0.2, 0.25) is 5.91 Å². The fourth-order valence-electron chi connectivity index (χ4n) is 3.09. The molecule has 0 radical (unpaired) electrons. The van der Waals surface area contributed by atoms with Gasteiger partial charge in [0.1, 0.15) is 0 Å². The number of carbonyl (C=O) groups is 2. The lowest BCUT2D eigenvalue weighted by atomic mass is 10.2. The summed E-state index contributed by atoms with van der Waals surface area (Å²) in [4.78, 5) is 40.1. The molecule has 0 unspecified atom stereocenters. The van der Waals surface area contributed by atoms with Gasteiger partial charge in [-0.25, -0.2) is 0 Å². The molecular formula is C20H24N4O3. The summed E-state index contributed by atoms with van der Waals surface area (Å²) in [7, 11) is 1.63. The number of hydrogen-bond donors (Lipinski definition) is 1. The maximum atomic E-state index is 12.4. The molecule has 1 saturated heterocycles. The Morgan fingerprint density at radius 2 is 1.74 bits per heavy atom. The number of pyridine rings is 1. The molecule has 0 atom stereocenters. The van der Waals surface area contributed by atoms with Gasteiger partial charge in [-0.05, 0) is 18.2 Å². The molecule has 0 saturated carbocycles. The zero-order valence-electron chi connectivity index (χ0n) is 15.4. The maximum absolute atomic E-state index is 12.4. The highest BCUT2D eigenvalue weighted by Gasteiger charge is 2.21. The Morgan fingerprint density at radius 3 is 2.41 bits per heavy atom. The number of amides is 2. The van der Waals surface area contributed by atoms with Crippen LogP contribution in [0.2, 0.25) is 0 Å². The van der Waals surface area contributed by atoms with Crippen molar-refractivity contribution in [3.63, 3.8) is 0 Å². The van der Waals surface area contributed by atoms with Gasteiger partial charge in [-0.15, -0.1) is 0 Å². The second-order valence-corrected chi connectivity index (χ2v) is 6.57. The number of nitrogens with one attached hydrogen (secondary N) is 1. The van der Waals surface area contributed by atoms with Crippen LogP contribution in [0, 0.1) is 0 Å². The van der Waals surface area contributed by atoms with Crippen molar-refractivity contribution in [1.82, 2.24) is 14.8 Å². The molecule has 1 N–H and O–H groups in total. The third-order valence-corrected chi connectivity index (χ3v) is 4.74. The lowest BCUT2D eigenvalue weighted by Crippen LogP contribution is -2.49. The van der Waals surface area contributed by atoms with Gasteiger partial charge >= 0.3 is 0 Å². The molecule has 1 aliphatic heterocycles. The average Bonchev–Trinajstić information content (AvgIpc) is 2.70. The normalized spacial score (nSPS) is 14.1. The Balaban J connectivity index is 1.43. The second-order valence-electron chi connectivity index (χ2n) is 6.57. The van der Waals surface area contributed by atoms with Crippen LogP contribution < -0.4 is 15.8 Å². The van der Waals surface area contributed by atoms with Crippen LogP contribution in [-0.4, -0.2) is 54.0 Å². The summed E-state index contributed by atoms with van der Waals surface area (Å²) >= 11 is 0. The molecule has 1 fully saturated rings.